The largest absolute Gasteiger partial charge is 0.441 e. The van der Waals surface area contributed by atoms with Gasteiger partial charge in [-0.15, -0.1) is 0 Å². The molecule has 0 aromatic carbocycles. The normalized spacial score (nSPS) is 46.8. The van der Waals surface area contributed by atoms with Gasteiger partial charge in [-0.3, -0.25) is 0 Å². The van der Waals surface area contributed by atoms with E-state index >= 15 is 0 Å². The minimum atomic E-state index is -0.371. The third kappa shape index (κ3) is 1.36. The number of methoxy groups -OCH3 is 1. The predicted molar refractivity (Wildman–Crippen MR) is 47.8 cm³/mol. The first-order chi connectivity index (χ1) is 6.55. The number of amides is 1. The molecule has 0 bridgehead atoms. The van der Waals surface area contributed by atoms with Gasteiger partial charge in [-0.05, 0) is 13.8 Å². The Morgan fingerprint density at radius 3 is 3.00 bits per heavy atom. The lowest BCUT2D eigenvalue weighted by atomic mass is 9.86. The molecule has 2 saturated heterocycles. The van der Waals surface area contributed by atoms with Gasteiger partial charge in [0.2, 0.25) is 0 Å². The standard InChI is InChI=1S/C9H15NO4/c1-5-7-9(2,10-8(11)14-7)4-6(12-3)13-5/h5-7H,4H2,1-3H3,(H,10,11)/t5-,6+,7-,9+/m1/s1. The van der Waals surface area contributed by atoms with Crippen LogP contribution in [0.25, 0.3) is 0 Å². The molecule has 0 radical (unpaired) electrons. The molecule has 80 valence electrons. The maximum atomic E-state index is 11.1. The van der Waals surface area contributed by atoms with E-state index in [1.165, 1.54) is 0 Å². The molecule has 0 spiro atoms. The number of carbonyl (C=O) groups excluding carboxylic acids is 1. The Morgan fingerprint density at radius 2 is 2.36 bits per heavy atom. The van der Waals surface area contributed by atoms with Crippen molar-refractivity contribution in [2.75, 3.05) is 7.11 Å². The van der Waals surface area contributed by atoms with Crippen molar-refractivity contribution in [1.82, 2.24) is 5.32 Å². The molecule has 1 amide bonds. The molecule has 1 N–H and O–H groups in total. The molecule has 2 aliphatic rings. The monoisotopic (exact) mass is 201 g/mol. The van der Waals surface area contributed by atoms with Gasteiger partial charge < -0.3 is 19.5 Å². The van der Waals surface area contributed by atoms with E-state index in [1.54, 1.807) is 7.11 Å². The zero-order valence-corrected chi connectivity index (χ0v) is 8.57. The number of alkyl carbamates (subject to hydrolysis) is 1. The summed E-state index contributed by atoms with van der Waals surface area (Å²) in [6, 6.07) is 0. The van der Waals surface area contributed by atoms with Gasteiger partial charge in [0.05, 0.1) is 11.6 Å². The van der Waals surface area contributed by atoms with Crippen LogP contribution in [0.5, 0.6) is 0 Å². The van der Waals surface area contributed by atoms with Crippen LogP contribution < -0.4 is 5.32 Å². The second-order valence-corrected chi connectivity index (χ2v) is 4.08. The molecule has 2 fully saturated rings. The number of hydrogen-bond donors (Lipinski definition) is 1. The fourth-order valence-electron chi connectivity index (χ4n) is 2.20. The fourth-order valence-corrected chi connectivity index (χ4v) is 2.20. The molecule has 0 aromatic rings. The lowest BCUT2D eigenvalue weighted by molar-refractivity contribution is -0.218. The summed E-state index contributed by atoms with van der Waals surface area (Å²) in [5, 5.41) is 2.81. The molecule has 0 saturated carbocycles. The first kappa shape index (κ1) is 9.73. The quantitative estimate of drug-likeness (QED) is 0.676. The Bertz CT molecular complexity index is 257. The van der Waals surface area contributed by atoms with Crippen molar-refractivity contribution in [2.24, 2.45) is 0 Å². The minimum absolute atomic E-state index is 0.141. The van der Waals surface area contributed by atoms with Crippen molar-refractivity contribution in [3.8, 4) is 0 Å². The Balaban J connectivity index is 2.18. The molecule has 5 heteroatoms. The van der Waals surface area contributed by atoms with Crippen molar-refractivity contribution in [3.63, 3.8) is 0 Å². The third-order valence-corrected chi connectivity index (χ3v) is 2.90. The highest BCUT2D eigenvalue weighted by atomic mass is 16.7. The molecule has 2 rings (SSSR count). The van der Waals surface area contributed by atoms with E-state index in [1.807, 2.05) is 13.8 Å². The third-order valence-electron chi connectivity index (χ3n) is 2.90. The zero-order valence-electron chi connectivity index (χ0n) is 8.57. The van der Waals surface area contributed by atoms with E-state index < -0.39 is 0 Å². The van der Waals surface area contributed by atoms with Gasteiger partial charge in [0.15, 0.2) is 12.4 Å². The molecule has 0 aliphatic carbocycles. The van der Waals surface area contributed by atoms with Gasteiger partial charge in [0, 0.05) is 13.5 Å². The highest BCUT2D eigenvalue weighted by Crippen LogP contribution is 2.35. The number of nitrogens with one attached hydrogen (secondary N) is 1. The van der Waals surface area contributed by atoms with E-state index in [0.29, 0.717) is 6.42 Å². The average molecular weight is 201 g/mol. The lowest BCUT2D eigenvalue weighted by Crippen LogP contribution is -2.57. The molecule has 5 nitrogen and oxygen atoms in total. The van der Waals surface area contributed by atoms with Crippen molar-refractivity contribution >= 4 is 6.09 Å². The van der Waals surface area contributed by atoms with Crippen molar-refractivity contribution < 1.29 is 19.0 Å². The summed E-state index contributed by atoms with van der Waals surface area (Å²) in [7, 11) is 1.60. The van der Waals surface area contributed by atoms with Crippen LogP contribution in [0.2, 0.25) is 0 Å². The van der Waals surface area contributed by atoms with Crippen LogP contribution in [0.15, 0.2) is 0 Å². The molecular weight excluding hydrogens is 186 g/mol. The second-order valence-electron chi connectivity index (χ2n) is 4.08. The Hall–Kier alpha value is -0.810. The van der Waals surface area contributed by atoms with Gasteiger partial charge in [-0.1, -0.05) is 0 Å². The molecule has 14 heavy (non-hydrogen) atoms. The number of hydrogen-bond acceptors (Lipinski definition) is 4. The molecule has 2 heterocycles. The SMILES string of the molecule is CO[C@@H]1C[C@]2(C)NC(=O)O[C@@H]2[C@@H](C)O1. The fraction of sp³-hybridized carbons (Fsp3) is 0.889. The van der Waals surface area contributed by atoms with Gasteiger partial charge >= 0.3 is 6.09 Å². The van der Waals surface area contributed by atoms with Gasteiger partial charge in [-0.25, -0.2) is 4.79 Å². The number of fused-ring (bicyclic) bond motifs is 1. The van der Waals surface area contributed by atoms with Crippen LogP contribution >= 0.6 is 0 Å². The average Bonchev–Trinajstić information content (AvgIpc) is 2.40. The molecule has 0 aromatic heterocycles. The Labute approximate surface area is 82.7 Å². The van der Waals surface area contributed by atoms with Crippen LogP contribution in [0, 0.1) is 0 Å². The van der Waals surface area contributed by atoms with E-state index in [0.717, 1.165) is 0 Å². The highest BCUT2D eigenvalue weighted by Gasteiger charge is 2.53. The Kier molecular flexibility index (Phi) is 2.16. The summed E-state index contributed by atoms with van der Waals surface area (Å²) in [5.41, 5.74) is -0.366. The number of carbonyl (C=O) groups is 1. The predicted octanol–water partition coefficient (Wildman–Crippen LogP) is 0.635. The van der Waals surface area contributed by atoms with Crippen LogP contribution in [0.1, 0.15) is 20.3 Å². The Morgan fingerprint density at radius 1 is 1.64 bits per heavy atom. The van der Waals surface area contributed by atoms with Crippen LogP contribution in [0.3, 0.4) is 0 Å². The minimum Gasteiger partial charge on any atom is -0.441 e. The highest BCUT2D eigenvalue weighted by molar-refractivity contribution is 5.71. The van der Waals surface area contributed by atoms with Crippen molar-refractivity contribution in [2.45, 2.75) is 44.3 Å². The van der Waals surface area contributed by atoms with Crippen LogP contribution in [-0.4, -0.2) is 37.2 Å². The van der Waals surface area contributed by atoms with Crippen LogP contribution in [0.4, 0.5) is 4.79 Å². The molecule has 4 atom stereocenters. The van der Waals surface area contributed by atoms with Gasteiger partial charge in [0.1, 0.15) is 0 Å². The lowest BCUT2D eigenvalue weighted by Gasteiger charge is -2.40. The number of rotatable bonds is 1. The molecule has 2 aliphatic heterocycles. The smallest absolute Gasteiger partial charge is 0.408 e. The molecule has 0 unspecified atom stereocenters. The number of ether oxygens (including phenoxy) is 3. The van der Waals surface area contributed by atoms with Crippen molar-refractivity contribution in [3.05, 3.63) is 0 Å². The summed E-state index contributed by atoms with van der Waals surface area (Å²) < 4.78 is 15.8. The van der Waals surface area contributed by atoms with E-state index in [2.05, 4.69) is 5.32 Å². The maximum absolute atomic E-state index is 11.1. The van der Waals surface area contributed by atoms with Gasteiger partial charge in [-0.2, -0.15) is 0 Å². The van der Waals surface area contributed by atoms with E-state index in [9.17, 15) is 4.79 Å². The summed E-state index contributed by atoms with van der Waals surface area (Å²) in [4.78, 5) is 11.1. The second kappa shape index (κ2) is 3.10. The summed E-state index contributed by atoms with van der Waals surface area (Å²) in [6.07, 6.45) is -0.387. The maximum Gasteiger partial charge on any atom is 0.408 e. The zero-order chi connectivity index (χ0) is 10.3. The summed E-state index contributed by atoms with van der Waals surface area (Å²) >= 11 is 0. The summed E-state index contributed by atoms with van der Waals surface area (Å²) in [6.45, 7) is 3.84. The molecular formula is C9H15NO4. The van der Waals surface area contributed by atoms with E-state index in [4.69, 9.17) is 14.2 Å². The first-order valence-electron chi connectivity index (χ1n) is 4.72. The van der Waals surface area contributed by atoms with E-state index in [-0.39, 0.29) is 30.1 Å². The van der Waals surface area contributed by atoms with Gasteiger partial charge in [0.25, 0.3) is 0 Å². The first-order valence-corrected chi connectivity index (χ1v) is 4.72. The van der Waals surface area contributed by atoms with Crippen LogP contribution in [-0.2, 0) is 14.2 Å². The van der Waals surface area contributed by atoms with Crippen molar-refractivity contribution in [1.29, 1.82) is 0 Å². The summed E-state index contributed by atoms with van der Waals surface area (Å²) in [5.74, 6) is 0. The topological polar surface area (TPSA) is 56.8 Å².